The Morgan fingerprint density at radius 3 is 2.35 bits per heavy atom. The highest BCUT2D eigenvalue weighted by Gasteiger charge is 2.46. The van der Waals surface area contributed by atoms with E-state index in [9.17, 15) is 4.79 Å². The van der Waals surface area contributed by atoms with E-state index in [1.165, 1.54) is 0 Å². The van der Waals surface area contributed by atoms with Crippen LogP contribution >= 0.6 is 11.8 Å². The van der Waals surface area contributed by atoms with Crippen LogP contribution in [-0.2, 0) is 4.79 Å². The zero-order valence-corrected chi connectivity index (χ0v) is 11.0. The van der Waals surface area contributed by atoms with Crippen LogP contribution < -0.4 is 5.32 Å². The molecule has 0 aromatic heterocycles. The number of thioether (sulfide) groups is 1. The van der Waals surface area contributed by atoms with Crippen molar-refractivity contribution >= 4 is 22.8 Å². The highest BCUT2D eigenvalue weighted by atomic mass is 32.2. The van der Waals surface area contributed by atoms with E-state index < -0.39 is 18.0 Å². The standard InChI is InChI=1S/C10H19N3O3S/c1-3-13(4-2)7-11-9-12-8(16)10(5-14,6-15)17-9/h14-15H,3-7H2,1-2H3,(H,11,12,16). The van der Waals surface area contributed by atoms with Gasteiger partial charge >= 0.3 is 0 Å². The number of amidine groups is 1. The lowest BCUT2D eigenvalue weighted by Crippen LogP contribution is -2.43. The molecule has 0 aromatic rings. The minimum absolute atomic E-state index is 0.384. The van der Waals surface area contributed by atoms with Crippen LogP contribution in [0.1, 0.15) is 13.8 Å². The molecular formula is C10H19N3O3S. The number of carbonyl (C=O) groups excluding carboxylic acids is 1. The first kappa shape index (κ1) is 14.4. The fourth-order valence-electron chi connectivity index (χ4n) is 1.39. The maximum absolute atomic E-state index is 11.6. The molecule has 7 heteroatoms. The van der Waals surface area contributed by atoms with Crippen LogP contribution in [0, 0.1) is 0 Å². The van der Waals surface area contributed by atoms with Gasteiger partial charge in [-0.05, 0) is 13.1 Å². The molecule has 0 spiro atoms. The van der Waals surface area contributed by atoms with Crippen molar-refractivity contribution in [2.24, 2.45) is 4.99 Å². The van der Waals surface area contributed by atoms with Crippen LogP contribution in [0.4, 0.5) is 0 Å². The number of amides is 1. The molecule has 1 aliphatic heterocycles. The average Bonchev–Trinajstić information content (AvgIpc) is 2.67. The van der Waals surface area contributed by atoms with Gasteiger partial charge in [0.15, 0.2) is 5.17 Å². The molecule has 1 saturated heterocycles. The third-order valence-electron chi connectivity index (χ3n) is 2.75. The van der Waals surface area contributed by atoms with Crippen LogP contribution in [0.15, 0.2) is 4.99 Å². The van der Waals surface area contributed by atoms with Gasteiger partial charge in [0, 0.05) is 0 Å². The summed E-state index contributed by atoms with van der Waals surface area (Å²) in [5.74, 6) is -0.384. The van der Waals surface area contributed by atoms with Crippen LogP contribution in [0.5, 0.6) is 0 Å². The Morgan fingerprint density at radius 1 is 1.35 bits per heavy atom. The summed E-state index contributed by atoms with van der Waals surface area (Å²) in [6.07, 6.45) is 0. The highest BCUT2D eigenvalue weighted by molar-refractivity contribution is 8.16. The first-order valence-corrected chi connectivity index (χ1v) is 6.42. The Morgan fingerprint density at radius 2 is 1.94 bits per heavy atom. The quantitative estimate of drug-likeness (QED) is 0.584. The number of nitrogens with one attached hydrogen (secondary N) is 1. The second-order valence-corrected chi connectivity index (χ2v) is 5.15. The van der Waals surface area contributed by atoms with E-state index in [0.717, 1.165) is 24.9 Å². The first-order chi connectivity index (χ1) is 8.11. The van der Waals surface area contributed by atoms with Crippen molar-refractivity contribution in [2.75, 3.05) is 33.0 Å². The van der Waals surface area contributed by atoms with E-state index >= 15 is 0 Å². The number of hydrogen-bond acceptors (Lipinski definition) is 6. The molecule has 1 heterocycles. The lowest BCUT2D eigenvalue weighted by Gasteiger charge is -2.17. The SMILES string of the molecule is CCN(CC)CN=C1NC(=O)C(CO)(CO)S1. The smallest absolute Gasteiger partial charge is 0.247 e. The normalized spacial score (nSPS) is 21.2. The van der Waals surface area contributed by atoms with Crippen molar-refractivity contribution in [3.63, 3.8) is 0 Å². The Bertz CT molecular complexity index is 301. The summed E-state index contributed by atoms with van der Waals surface area (Å²) < 4.78 is -1.18. The maximum Gasteiger partial charge on any atom is 0.247 e. The lowest BCUT2D eigenvalue weighted by atomic mass is 10.1. The Balaban J connectivity index is 2.65. The molecule has 0 atom stereocenters. The Hall–Kier alpha value is -0.630. The molecule has 0 saturated carbocycles. The van der Waals surface area contributed by atoms with Crippen LogP contribution in [0.3, 0.4) is 0 Å². The highest BCUT2D eigenvalue weighted by Crippen LogP contribution is 2.31. The largest absolute Gasteiger partial charge is 0.394 e. The molecule has 0 bridgehead atoms. The molecule has 0 radical (unpaired) electrons. The van der Waals surface area contributed by atoms with Gasteiger partial charge in [0.1, 0.15) is 4.75 Å². The molecule has 6 nitrogen and oxygen atoms in total. The topological polar surface area (TPSA) is 85.2 Å². The first-order valence-electron chi connectivity index (χ1n) is 5.60. The van der Waals surface area contributed by atoms with Gasteiger partial charge in [-0.3, -0.25) is 9.69 Å². The van der Waals surface area contributed by atoms with E-state index in [2.05, 4.69) is 15.2 Å². The molecule has 98 valence electrons. The van der Waals surface area contributed by atoms with Crippen LogP contribution in [0.25, 0.3) is 0 Å². The summed E-state index contributed by atoms with van der Waals surface area (Å²) in [5.41, 5.74) is 0. The molecule has 1 aliphatic rings. The minimum Gasteiger partial charge on any atom is -0.394 e. The second-order valence-electron chi connectivity index (χ2n) is 3.77. The summed E-state index contributed by atoms with van der Waals surface area (Å²) in [5, 5.41) is 21.4. The van der Waals surface area contributed by atoms with Gasteiger partial charge in [0.25, 0.3) is 0 Å². The summed E-state index contributed by atoms with van der Waals surface area (Å²) in [6.45, 7) is 5.55. The van der Waals surface area contributed by atoms with E-state index in [-0.39, 0.29) is 5.91 Å². The lowest BCUT2D eigenvalue weighted by molar-refractivity contribution is -0.123. The zero-order valence-electron chi connectivity index (χ0n) is 10.1. The molecule has 0 aliphatic carbocycles. The fraction of sp³-hybridized carbons (Fsp3) is 0.800. The van der Waals surface area contributed by atoms with E-state index in [1.807, 2.05) is 13.8 Å². The number of carbonyl (C=O) groups is 1. The number of rotatable bonds is 6. The van der Waals surface area contributed by atoms with Crippen LogP contribution in [0.2, 0.25) is 0 Å². The monoisotopic (exact) mass is 261 g/mol. The van der Waals surface area contributed by atoms with Gasteiger partial charge in [0.2, 0.25) is 5.91 Å². The van der Waals surface area contributed by atoms with Crippen molar-refractivity contribution in [2.45, 2.75) is 18.6 Å². The van der Waals surface area contributed by atoms with Gasteiger partial charge in [-0.15, -0.1) is 0 Å². The molecule has 3 N–H and O–H groups in total. The van der Waals surface area contributed by atoms with Crippen molar-refractivity contribution in [3.8, 4) is 0 Å². The van der Waals surface area contributed by atoms with Crippen molar-refractivity contribution in [1.29, 1.82) is 0 Å². The summed E-state index contributed by atoms with van der Waals surface area (Å²) in [6, 6.07) is 0. The van der Waals surface area contributed by atoms with Gasteiger partial charge in [-0.1, -0.05) is 25.6 Å². The third kappa shape index (κ3) is 3.19. The van der Waals surface area contributed by atoms with E-state index in [4.69, 9.17) is 10.2 Å². The molecule has 1 rings (SSSR count). The minimum atomic E-state index is -1.18. The summed E-state index contributed by atoms with van der Waals surface area (Å²) >= 11 is 1.09. The predicted octanol–water partition coefficient (Wildman–Crippen LogP) is -0.772. The predicted molar refractivity (Wildman–Crippen MR) is 67.9 cm³/mol. The van der Waals surface area contributed by atoms with Gasteiger partial charge in [-0.2, -0.15) is 0 Å². The molecule has 1 amide bonds. The van der Waals surface area contributed by atoms with Crippen molar-refractivity contribution in [1.82, 2.24) is 10.2 Å². The molecule has 17 heavy (non-hydrogen) atoms. The van der Waals surface area contributed by atoms with E-state index in [1.54, 1.807) is 0 Å². The summed E-state index contributed by atoms with van der Waals surface area (Å²) in [7, 11) is 0. The van der Waals surface area contributed by atoms with Crippen molar-refractivity contribution in [3.05, 3.63) is 0 Å². The number of aliphatic hydroxyl groups is 2. The second kappa shape index (κ2) is 6.34. The molecular weight excluding hydrogens is 242 g/mol. The summed E-state index contributed by atoms with van der Waals surface area (Å²) in [4.78, 5) is 18.0. The van der Waals surface area contributed by atoms with Gasteiger partial charge < -0.3 is 15.5 Å². The van der Waals surface area contributed by atoms with E-state index in [0.29, 0.717) is 11.8 Å². The molecule has 1 fully saturated rings. The fourth-order valence-corrected chi connectivity index (χ4v) is 2.29. The van der Waals surface area contributed by atoms with Gasteiger partial charge in [0.05, 0.1) is 19.9 Å². The molecule has 0 aromatic carbocycles. The average molecular weight is 261 g/mol. The molecule has 0 unspecified atom stereocenters. The Kier molecular flexibility index (Phi) is 5.38. The third-order valence-corrected chi connectivity index (χ3v) is 4.00. The number of aliphatic imine (C=N–C) groups is 1. The number of nitrogens with zero attached hydrogens (tertiary/aromatic N) is 2. The number of hydrogen-bond donors (Lipinski definition) is 3. The maximum atomic E-state index is 11.6. The zero-order chi connectivity index (χ0) is 12.9. The Labute approximate surface area is 105 Å². The number of aliphatic hydroxyl groups excluding tert-OH is 2. The van der Waals surface area contributed by atoms with Crippen LogP contribution in [-0.4, -0.2) is 63.9 Å². The van der Waals surface area contributed by atoms with Crippen molar-refractivity contribution < 1.29 is 15.0 Å². The van der Waals surface area contributed by atoms with Gasteiger partial charge in [-0.25, -0.2) is 4.99 Å².